The van der Waals surface area contributed by atoms with Gasteiger partial charge in [-0.25, -0.2) is 12.8 Å². The summed E-state index contributed by atoms with van der Waals surface area (Å²) in [4.78, 5) is 4.80. The van der Waals surface area contributed by atoms with Crippen LogP contribution in [-0.4, -0.2) is 42.2 Å². The molecular formula is C26H25Cl2FN2O3S. The third kappa shape index (κ3) is 6.16. The van der Waals surface area contributed by atoms with Crippen molar-refractivity contribution in [1.82, 2.24) is 0 Å². The summed E-state index contributed by atoms with van der Waals surface area (Å²) in [5, 5.41) is 17.5. The maximum Gasteiger partial charge on any atom is 0.175 e. The molecular weight excluding hydrogens is 510 g/mol. The van der Waals surface area contributed by atoms with Gasteiger partial charge in [-0.3, -0.25) is 4.99 Å². The number of nitrogens with one attached hydrogen (secondary N) is 1. The van der Waals surface area contributed by atoms with Crippen LogP contribution in [0.15, 0.2) is 70.6 Å². The Bertz CT molecular complexity index is 1410. The quantitative estimate of drug-likeness (QED) is 0.272. The molecule has 2 N–H and O–H groups in total. The lowest BCUT2D eigenvalue weighted by atomic mass is 9.94. The average molecular weight is 535 g/mol. The number of benzene rings is 3. The van der Waals surface area contributed by atoms with Crippen molar-refractivity contribution in [2.75, 3.05) is 6.26 Å². The number of nitrogens with zero attached hydrogens (tertiary/aromatic N) is 1. The highest BCUT2D eigenvalue weighted by Gasteiger charge is 2.32. The molecule has 0 saturated carbocycles. The minimum Gasteiger partial charge on any atom is -0.384 e. The molecule has 3 aromatic rings. The van der Waals surface area contributed by atoms with Crippen LogP contribution in [0.4, 0.5) is 10.1 Å². The zero-order valence-corrected chi connectivity index (χ0v) is 21.9. The van der Waals surface area contributed by atoms with E-state index in [1.54, 1.807) is 37.3 Å². The van der Waals surface area contributed by atoms with Crippen molar-refractivity contribution in [2.45, 2.75) is 36.6 Å². The number of aryl methyl sites for hydroxylation is 1. The summed E-state index contributed by atoms with van der Waals surface area (Å²) >= 11 is 12.8. The third-order valence-corrected chi connectivity index (χ3v) is 7.25. The van der Waals surface area contributed by atoms with E-state index >= 15 is 0 Å². The van der Waals surface area contributed by atoms with Crippen LogP contribution in [0.25, 0.3) is 11.1 Å². The number of rotatable bonds is 7. The topological polar surface area (TPSA) is 90.6 Å². The molecule has 0 saturated heterocycles. The second kappa shape index (κ2) is 10.2. The molecule has 0 aromatic heterocycles. The van der Waals surface area contributed by atoms with Crippen molar-refractivity contribution in [1.29, 1.82) is 5.41 Å². The summed E-state index contributed by atoms with van der Waals surface area (Å²) in [7, 11) is -3.36. The Morgan fingerprint density at radius 1 is 1.09 bits per heavy atom. The first kappa shape index (κ1) is 27.0. The van der Waals surface area contributed by atoms with E-state index in [9.17, 15) is 17.9 Å². The summed E-state index contributed by atoms with van der Waals surface area (Å²) in [5.74, 6) is -0.655. The maximum atomic E-state index is 14.8. The monoisotopic (exact) mass is 534 g/mol. The van der Waals surface area contributed by atoms with Gasteiger partial charge in [-0.05, 0) is 73.9 Å². The van der Waals surface area contributed by atoms with E-state index in [4.69, 9.17) is 28.6 Å². The van der Waals surface area contributed by atoms with Crippen LogP contribution in [0, 0.1) is 18.2 Å². The number of hydrogen-bond donors (Lipinski definition) is 2. The minimum atomic E-state index is -3.36. The first-order valence-electron chi connectivity index (χ1n) is 10.6. The van der Waals surface area contributed by atoms with Crippen LogP contribution in [0.2, 0.25) is 5.02 Å². The zero-order valence-electron chi connectivity index (χ0n) is 19.6. The highest BCUT2D eigenvalue weighted by molar-refractivity contribution is 7.90. The number of aliphatic imine (C=N–C) groups is 1. The smallest absolute Gasteiger partial charge is 0.175 e. The number of aliphatic hydroxyl groups is 1. The zero-order chi connectivity index (χ0) is 26.1. The van der Waals surface area contributed by atoms with Crippen molar-refractivity contribution in [3.05, 3.63) is 82.6 Å². The van der Waals surface area contributed by atoms with Gasteiger partial charge in [-0.15, -0.1) is 11.6 Å². The molecule has 0 bridgehead atoms. The maximum absolute atomic E-state index is 14.8. The van der Waals surface area contributed by atoms with Gasteiger partial charge in [0.25, 0.3) is 0 Å². The van der Waals surface area contributed by atoms with E-state index in [0.717, 1.165) is 11.8 Å². The van der Waals surface area contributed by atoms with Crippen LogP contribution >= 0.6 is 23.2 Å². The van der Waals surface area contributed by atoms with Crippen LogP contribution in [0.3, 0.4) is 0 Å². The summed E-state index contributed by atoms with van der Waals surface area (Å²) in [6.45, 7) is 4.62. The van der Waals surface area contributed by atoms with Crippen molar-refractivity contribution in [3.63, 3.8) is 0 Å². The molecule has 5 nitrogen and oxygen atoms in total. The second-order valence-corrected chi connectivity index (χ2v) is 11.6. The van der Waals surface area contributed by atoms with Crippen molar-refractivity contribution in [2.24, 2.45) is 4.99 Å². The molecule has 0 heterocycles. The summed E-state index contributed by atoms with van der Waals surface area (Å²) in [6.07, 6.45) is 1.15. The molecule has 1 unspecified atom stereocenters. The van der Waals surface area contributed by atoms with E-state index in [2.05, 4.69) is 4.99 Å². The average Bonchev–Trinajstić information content (AvgIpc) is 2.77. The first-order valence-corrected chi connectivity index (χ1v) is 13.3. The van der Waals surface area contributed by atoms with Crippen molar-refractivity contribution < 1.29 is 17.9 Å². The molecule has 1 atom stereocenters. The van der Waals surface area contributed by atoms with Gasteiger partial charge in [0.2, 0.25) is 0 Å². The Morgan fingerprint density at radius 3 is 2.29 bits per heavy atom. The van der Waals surface area contributed by atoms with Gasteiger partial charge >= 0.3 is 0 Å². The fourth-order valence-electron chi connectivity index (χ4n) is 3.43. The minimum absolute atomic E-state index is 0.00295. The van der Waals surface area contributed by atoms with E-state index in [-0.39, 0.29) is 26.9 Å². The number of halogens is 3. The van der Waals surface area contributed by atoms with Gasteiger partial charge in [-0.2, -0.15) is 0 Å². The lowest BCUT2D eigenvalue weighted by Crippen LogP contribution is -2.41. The summed E-state index contributed by atoms with van der Waals surface area (Å²) in [6, 6.07) is 16.1. The largest absolute Gasteiger partial charge is 0.384 e. The molecule has 0 spiro atoms. The molecule has 184 valence electrons. The molecule has 0 aliphatic heterocycles. The lowest BCUT2D eigenvalue weighted by molar-refractivity contribution is 0.152. The van der Waals surface area contributed by atoms with Gasteiger partial charge < -0.3 is 10.5 Å². The van der Waals surface area contributed by atoms with E-state index in [1.165, 1.54) is 38.1 Å². The fourth-order valence-corrected chi connectivity index (χ4v) is 4.78. The van der Waals surface area contributed by atoms with Gasteiger partial charge in [0.05, 0.1) is 38.2 Å². The molecule has 9 heteroatoms. The Balaban J connectivity index is 2.15. The Hall–Kier alpha value is -2.58. The van der Waals surface area contributed by atoms with E-state index in [0.29, 0.717) is 16.8 Å². The number of alkyl halides is 1. The molecule has 3 aromatic carbocycles. The molecule has 0 radical (unpaired) electrons. The number of sulfone groups is 1. The Kier molecular flexibility index (Phi) is 7.86. The first-order chi connectivity index (χ1) is 16.2. The third-order valence-electron chi connectivity index (χ3n) is 5.40. The van der Waals surface area contributed by atoms with Gasteiger partial charge in [0.1, 0.15) is 11.2 Å². The van der Waals surface area contributed by atoms with Crippen LogP contribution < -0.4 is 0 Å². The predicted molar refractivity (Wildman–Crippen MR) is 141 cm³/mol. The van der Waals surface area contributed by atoms with Gasteiger partial charge in [0, 0.05) is 6.26 Å². The van der Waals surface area contributed by atoms with Crippen LogP contribution in [0.1, 0.15) is 25.0 Å². The Morgan fingerprint density at radius 2 is 1.71 bits per heavy atom. The molecule has 3 rings (SSSR count). The second-order valence-electron chi connectivity index (χ2n) is 8.73. The highest BCUT2D eigenvalue weighted by Crippen LogP contribution is 2.31. The van der Waals surface area contributed by atoms with Crippen LogP contribution in [0.5, 0.6) is 0 Å². The standard InChI is InChI=1S/C26H25Cl2FN2O3S/c1-15-13-17(16-7-5-8-18(14-16)35(4,33)34)11-12-21(15)31-24(23(28)25(30)26(2,3)32)22-19(27)9-6-10-20(22)29/h5-14,23,30,32H,1-4H3. The molecule has 0 amide bonds. The molecule has 35 heavy (non-hydrogen) atoms. The molecule has 0 aliphatic carbocycles. The SMILES string of the molecule is Cc1cc(-c2cccc(S(C)(=O)=O)c2)ccc1N=C(c1c(F)cccc1Cl)C(Cl)C(=N)C(C)(C)O. The van der Waals surface area contributed by atoms with Gasteiger partial charge in [0.15, 0.2) is 9.84 Å². The normalized spacial score (nSPS) is 13.5. The van der Waals surface area contributed by atoms with Crippen molar-refractivity contribution >= 4 is 50.1 Å². The van der Waals surface area contributed by atoms with Gasteiger partial charge in [-0.1, -0.05) is 35.9 Å². The molecule has 0 fully saturated rings. The van der Waals surface area contributed by atoms with E-state index < -0.39 is 26.6 Å². The van der Waals surface area contributed by atoms with E-state index in [1.807, 2.05) is 6.07 Å². The molecule has 0 aliphatic rings. The number of hydrogen-bond acceptors (Lipinski definition) is 5. The fraction of sp³-hybridized carbons (Fsp3) is 0.231. The summed E-state index contributed by atoms with van der Waals surface area (Å²) < 4.78 is 38.7. The summed E-state index contributed by atoms with van der Waals surface area (Å²) in [5.41, 5.74) is 0.766. The van der Waals surface area contributed by atoms with Crippen LogP contribution in [-0.2, 0) is 9.84 Å². The predicted octanol–water partition coefficient (Wildman–Crippen LogP) is 6.38. The lowest BCUT2D eigenvalue weighted by Gasteiger charge is -2.24. The highest BCUT2D eigenvalue weighted by atomic mass is 35.5. The Labute approximate surface area is 214 Å². The van der Waals surface area contributed by atoms with Crippen molar-refractivity contribution in [3.8, 4) is 11.1 Å².